The van der Waals surface area contributed by atoms with Gasteiger partial charge in [-0.15, -0.1) is 12.4 Å². The van der Waals surface area contributed by atoms with Gasteiger partial charge in [0.1, 0.15) is 5.82 Å². The average Bonchev–Trinajstić information content (AvgIpc) is 2.86. The molecule has 0 aliphatic carbocycles. The Labute approximate surface area is 119 Å². The van der Waals surface area contributed by atoms with Crippen molar-refractivity contribution in [2.24, 2.45) is 5.73 Å². The van der Waals surface area contributed by atoms with Crippen molar-refractivity contribution in [3.05, 3.63) is 35.6 Å². The molecule has 2 rings (SSSR count). The van der Waals surface area contributed by atoms with E-state index in [0.717, 1.165) is 24.9 Å². The molecule has 1 fully saturated rings. The molecule has 0 aromatic heterocycles. The van der Waals surface area contributed by atoms with E-state index in [1.807, 2.05) is 4.90 Å². The van der Waals surface area contributed by atoms with Crippen LogP contribution in [0.5, 0.6) is 0 Å². The molecule has 1 aliphatic rings. The Morgan fingerprint density at radius 2 is 2.05 bits per heavy atom. The number of nitrogens with two attached hydrogens (primary N) is 1. The number of carbonyl (C=O) groups excluding carboxylic acids is 1. The Bertz CT molecular complexity index is 410. The topological polar surface area (TPSA) is 46.3 Å². The Kier molecular flexibility index (Phi) is 6.25. The zero-order chi connectivity index (χ0) is 13.0. The van der Waals surface area contributed by atoms with Crippen molar-refractivity contribution >= 4 is 18.3 Å². The molecule has 5 heteroatoms. The monoisotopic (exact) mass is 286 g/mol. The Balaban J connectivity index is 0.00000180. The number of carbonyl (C=O) groups is 1. The smallest absolute Gasteiger partial charge is 0.223 e. The van der Waals surface area contributed by atoms with Crippen molar-refractivity contribution in [3.8, 4) is 0 Å². The largest absolute Gasteiger partial charge is 0.338 e. The highest BCUT2D eigenvalue weighted by Crippen LogP contribution is 2.18. The number of amides is 1. The highest BCUT2D eigenvalue weighted by atomic mass is 35.5. The lowest BCUT2D eigenvalue weighted by Crippen LogP contribution is -2.39. The van der Waals surface area contributed by atoms with E-state index >= 15 is 0 Å². The van der Waals surface area contributed by atoms with Gasteiger partial charge in [-0.3, -0.25) is 4.79 Å². The van der Waals surface area contributed by atoms with E-state index in [1.54, 1.807) is 12.1 Å². The molecule has 0 radical (unpaired) electrons. The molecule has 0 saturated carbocycles. The molecule has 0 bridgehead atoms. The third kappa shape index (κ3) is 4.18. The molecule has 106 valence electrons. The van der Waals surface area contributed by atoms with Gasteiger partial charge in [0.05, 0.1) is 0 Å². The van der Waals surface area contributed by atoms with Gasteiger partial charge in [0, 0.05) is 25.6 Å². The molecule has 1 saturated heterocycles. The summed E-state index contributed by atoms with van der Waals surface area (Å²) in [6.45, 7) is 1.37. The third-order valence-electron chi connectivity index (χ3n) is 3.51. The van der Waals surface area contributed by atoms with Gasteiger partial charge in [0.2, 0.25) is 5.91 Å². The maximum absolute atomic E-state index is 12.7. The highest BCUT2D eigenvalue weighted by Gasteiger charge is 2.26. The minimum Gasteiger partial charge on any atom is -0.338 e. The first-order valence-electron chi connectivity index (χ1n) is 6.44. The van der Waals surface area contributed by atoms with E-state index < -0.39 is 0 Å². The second-order valence-electron chi connectivity index (χ2n) is 4.75. The summed E-state index contributed by atoms with van der Waals surface area (Å²) in [4.78, 5) is 13.9. The fourth-order valence-electron chi connectivity index (χ4n) is 2.46. The average molecular weight is 287 g/mol. The van der Waals surface area contributed by atoms with Gasteiger partial charge in [-0.1, -0.05) is 12.1 Å². The zero-order valence-corrected chi connectivity index (χ0v) is 11.7. The van der Waals surface area contributed by atoms with Gasteiger partial charge in [-0.05, 0) is 37.0 Å². The van der Waals surface area contributed by atoms with E-state index in [-0.39, 0.29) is 30.2 Å². The fraction of sp³-hybridized carbons (Fsp3) is 0.500. The Hall–Kier alpha value is -1.13. The summed E-state index contributed by atoms with van der Waals surface area (Å²) >= 11 is 0. The van der Waals surface area contributed by atoms with Crippen LogP contribution in [-0.2, 0) is 11.2 Å². The summed E-state index contributed by atoms with van der Waals surface area (Å²) in [5.41, 5.74) is 6.64. The van der Waals surface area contributed by atoms with E-state index in [4.69, 9.17) is 5.73 Å². The summed E-state index contributed by atoms with van der Waals surface area (Å²) in [7, 11) is 0. The van der Waals surface area contributed by atoms with E-state index in [0.29, 0.717) is 19.4 Å². The van der Waals surface area contributed by atoms with Crippen LogP contribution in [0.3, 0.4) is 0 Å². The predicted molar refractivity (Wildman–Crippen MR) is 75.8 cm³/mol. The van der Waals surface area contributed by atoms with Crippen LogP contribution >= 0.6 is 12.4 Å². The van der Waals surface area contributed by atoms with E-state index in [9.17, 15) is 9.18 Å². The first kappa shape index (κ1) is 15.9. The van der Waals surface area contributed by atoms with Gasteiger partial charge in [0.25, 0.3) is 0 Å². The van der Waals surface area contributed by atoms with Gasteiger partial charge in [0.15, 0.2) is 0 Å². The minimum absolute atomic E-state index is 0. The number of hydrogen-bond donors (Lipinski definition) is 1. The van der Waals surface area contributed by atoms with Gasteiger partial charge in [-0.25, -0.2) is 4.39 Å². The van der Waals surface area contributed by atoms with E-state index in [2.05, 4.69) is 0 Å². The summed E-state index contributed by atoms with van der Waals surface area (Å²) in [6.07, 6.45) is 3.19. The van der Waals surface area contributed by atoms with Gasteiger partial charge in [-0.2, -0.15) is 0 Å². The second-order valence-corrected chi connectivity index (χ2v) is 4.75. The normalized spacial score (nSPS) is 18.2. The van der Waals surface area contributed by atoms with Crippen LogP contribution < -0.4 is 5.73 Å². The lowest BCUT2D eigenvalue weighted by atomic mass is 10.1. The molecule has 19 heavy (non-hydrogen) atoms. The molecule has 1 aromatic carbocycles. The van der Waals surface area contributed by atoms with Crippen LogP contribution in [0, 0.1) is 5.82 Å². The zero-order valence-electron chi connectivity index (χ0n) is 10.8. The van der Waals surface area contributed by atoms with Gasteiger partial charge >= 0.3 is 0 Å². The molecule has 1 atom stereocenters. The number of halogens is 2. The van der Waals surface area contributed by atoms with Crippen LogP contribution in [0.25, 0.3) is 0 Å². The van der Waals surface area contributed by atoms with Crippen molar-refractivity contribution in [2.75, 3.05) is 13.1 Å². The summed E-state index contributed by atoms with van der Waals surface area (Å²) < 4.78 is 12.7. The maximum atomic E-state index is 12.7. The van der Waals surface area contributed by atoms with Crippen molar-refractivity contribution in [3.63, 3.8) is 0 Å². The Morgan fingerprint density at radius 1 is 1.37 bits per heavy atom. The van der Waals surface area contributed by atoms with Crippen LogP contribution in [-0.4, -0.2) is 29.9 Å². The molecular weight excluding hydrogens is 267 g/mol. The molecule has 2 N–H and O–H groups in total. The maximum Gasteiger partial charge on any atom is 0.223 e. The number of benzene rings is 1. The number of hydrogen-bond acceptors (Lipinski definition) is 2. The second kappa shape index (κ2) is 7.46. The number of aryl methyl sites for hydroxylation is 1. The number of likely N-dealkylation sites (tertiary alicyclic amines) is 1. The molecular formula is C14H20ClFN2O. The third-order valence-corrected chi connectivity index (χ3v) is 3.51. The molecule has 1 amide bonds. The van der Waals surface area contributed by atoms with Crippen LogP contribution in [0.1, 0.15) is 24.8 Å². The van der Waals surface area contributed by atoms with Crippen LogP contribution in [0.4, 0.5) is 4.39 Å². The molecule has 1 heterocycles. The number of nitrogens with zero attached hydrogens (tertiary/aromatic N) is 1. The standard InChI is InChI=1S/C14H19FN2O.ClH/c15-12-6-3-11(4-7-12)5-8-14(18)17-9-1-2-13(17)10-16;/h3-4,6-7,13H,1-2,5,8-10,16H2;1H. The number of rotatable bonds is 4. The summed E-state index contributed by atoms with van der Waals surface area (Å²) in [5, 5.41) is 0. The summed E-state index contributed by atoms with van der Waals surface area (Å²) in [6, 6.07) is 6.53. The van der Waals surface area contributed by atoms with Crippen molar-refractivity contribution in [2.45, 2.75) is 31.7 Å². The molecule has 0 spiro atoms. The SMILES string of the molecule is Cl.NCC1CCCN1C(=O)CCc1ccc(F)cc1. The lowest BCUT2D eigenvalue weighted by Gasteiger charge is -2.23. The van der Waals surface area contributed by atoms with Gasteiger partial charge < -0.3 is 10.6 Å². The first-order valence-corrected chi connectivity index (χ1v) is 6.44. The summed E-state index contributed by atoms with van der Waals surface area (Å²) in [5.74, 6) is -0.0832. The molecule has 3 nitrogen and oxygen atoms in total. The van der Waals surface area contributed by atoms with Crippen molar-refractivity contribution in [1.82, 2.24) is 4.90 Å². The van der Waals surface area contributed by atoms with Crippen molar-refractivity contribution in [1.29, 1.82) is 0 Å². The Morgan fingerprint density at radius 3 is 2.68 bits per heavy atom. The predicted octanol–water partition coefficient (Wildman–Crippen LogP) is 2.13. The van der Waals surface area contributed by atoms with Crippen molar-refractivity contribution < 1.29 is 9.18 Å². The fourth-order valence-corrected chi connectivity index (χ4v) is 2.46. The highest BCUT2D eigenvalue weighted by molar-refractivity contribution is 5.85. The molecule has 1 aromatic rings. The van der Waals surface area contributed by atoms with E-state index in [1.165, 1.54) is 12.1 Å². The lowest BCUT2D eigenvalue weighted by molar-refractivity contribution is -0.131. The van der Waals surface area contributed by atoms with Crippen LogP contribution in [0.2, 0.25) is 0 Å². The molecule has 1 aliphatic heterocycles. The quantitative estimate of drug-likeness (QED) is 0.922. The first-order chi connectivity index (χ1) is 8.70. The minimum atomic E-state index is -0.243. The van der Waals surface area contributed by atoms with Crippen LogP contribution in [0.15, 0.2) is 24.3 Å². The molecule has 1 unspecified atom stereocenters.